The topological polar surface area (TPSA) is 175 Å². The van der Waals surface area contributed by atoms with Gasteiger partial charge in [-0.3, -0.25) is 4.79 Å². The number of hydrogen-bond acceptors (Lipinski definition) is 7. The number of carboxylic acids is 3. The first-order chi connectivity index (χ1) is 11.7. The van der Waals surface area contributed by atoms with E-state index in [0.29, 0.717) is 6.42 Å². The van der Waals surface area contributed by atoms with Crippen LogP contribution in [0.4, 0.5) is 0 Å². The molecule has 10 nitrogen and oxygen atoms in total. The lowest BCUT2D eigenvalue weighted by Gasteiger charge is -2.21. The minimum Gasteiger partial charge on any atom is -0.547 e. The fraction of sp³-hybridized carbons (Fsp3) is 0.812. The molecule has 5 N–H and O–H groups in total. The number of carbonyl (C=O) groups excluding carboxylic acids is 1. The van der Waals surface area contributed by atoms with E-state index in [-0.39, 0.29) is 19.4 Å². The first-order valence-corrected chi connectivity index (χ1v) is 8.06. The lowest BCUT2D eigenvalue weighted by atomic mass is 10.2. The number of nitrogens with zero attached hydrogens (tertiary/aromatic N) is 1. The number of quaternary nitrogens is 1. The van der Waals surface area contributed by atoms with E-state index in [1.807, 2.05) is 0 Å². The van der Waals surface area contributed by atoms with E-state index in [1.165, 1.54) is 0 Å². The van der Waals surface area contributed by atoms with E-state index in [9.17, 15) is 14.7 Å². The number of aliphatic carboxylic acids is 3. The van der Waals surface area contributed by atoms with Crippen LogP contribution in [0.25, 0.3) is 0 Å². The molecule has 0 radical (unpaired) electrons. The Morgan fingerprint density at radius 3 is 1.42 bits per heavy atom. The van der Waals surface area contributed by atoms with Gasteiger partial charge >= 0.3 is 5.97 Å². The molecular weight excluding hydrogens is 350 g/mol. The molecule has 26 heavy (non-hydrogen) atoms. The van der Waals surface area contributed by atoms with Gasteiger partial charge in [-0.25, -0.2) is 4.79 Å². The lowest BCUT2D eigenvalue weighted by molar-refractivity contribution is -0.870. The van der Waals surface area contributed by atoms with Gasteiger partial charge < -0.3 is 39.9 Å². The third-order valence-electron chi connectivity index (χ3n) is 2.28. The van der Waals surface area contributed by atoms with E-state index in [1.54, 1.807) is 13.8 Å². The molecule has 0 fully saturated rings. The van der Waals surface area contributed by atoms with Crippen LogP contribution >= 0.6 is 0 Å². The molecule has 158 valence electrons. The van der Waals surface area contributed by atoms with Crippen molar-refractivity contribution >= 4 is 17.9 Å². The van der Waals surface area contributed by atoms with Gasteiger partial charge in [0.1, 0.15) is 6.54 Å². The van der Waals surface area contributed by atoms with Crippen LogP contribution in [-0.2, 0) is 14.4 Å². The van der Waals surface area contributed by atoms with Crippen LogP contribution in [0.5, 0.6) is 0 Å². The minimum absolute atomic E-state index is 0.273. The normalized spacial score (nSPS) is 11.9. The third kappa shape index (κ3) is 43.2. The standard InChI is InChI=1S/C5H14NO.C5H10O3.C4H8O3.C2H4O2/c1-6(2,3)4-5-7;1-2-3-4(6)5(7)8;1-2-3(5)4(6)7;1-2(3)4/h7H,4-5H2,1-3H3;4,6H,2-3H2,1H3,(H,7,8);3,5H,2H2,1H3,(H,6,7);1H3,(H,3,4)/q+1;;;/p-1. The molecule has 0 aromatic rings. The predicted molar refractivity (Wildman–Crippen MR) is 93.2 cm³/mol. The van der Waals surface area contributed by atoms with Crippen LogP contribution in [-0.4, -0.2) is 94.4 Å². The molecule has 0 rings (SSSR count). The van der Waals surface area contributed by atoms with Gasteiger partial charge in [0.05, 0.1) is 39.8 Å². The summed E-state index contributed by atoms with van der Waals surface area (Å²) in [5.74, 6) is -3.37. The minimum atomic E-state index is -1.38. The monoisotopic (exact) mass is 385 g/mol. The fourth-order valence-electron chi connectivity index (χ4n) is 0.866. The highest BCUT2D eigenvalue weighted by molar-refractivity contribution is 5.71. The Labute approximate surface area is 154 Å². The van der Waals surface area contributed by atoms with Gasteiger partial charge in [0, 0.05) is 6.92 Å². The van der Waals surface area contributed by atoms with Crippen molar-refractivity contribution in [2.24, 2.45) is 0 Å². The Morgan fingerprint density at radius 1 is 1.00 bits per heavy atom. The van der Waals surface area contributed by atoms with Crippen molar-refractivity contribution < 1.29 is 49.5 Å². The molecule has 0 aromatic heterocycles. The van der Waals surface area contributed by atoms with Crippen LogP contribution in [0.2, 0.25) is 0 Å². The van der Waals surface area contributed by atoms with Crippen molar-refractivity contribution in [1.82, 2.24) is 0 Å². The Bertz CT molecular complexity index is 363. The molecule has 0 bridgehead atoms. The molecule has 0 amide bonds. The maximum Gasteiger partial charge on any atom is 0.332 e. The molecule has 0 saturated heterocycles. The van der Waals surface area contributed by atoms with Crippen LogP contribution in [0.15, 0.2) is 0 Å². The molecule has 2 atom stereocenters. The Kier molecular flexibility index (Phi) is 24.1. The zero-order valence-corrected chi connectivity index (χ0v) is 16.5. The quantitative estimate of drug-likeness (QED) is 0.327. The van der Waals surface area contributed by atoms with E-state index >= 15 is 0 Å². The molecular formula is C16H35NO9. The van der Waals surface area contributed by atoms with E-state index in [4.69, 9.17) is 30.3 Å². The van der Waals surface area contributed by atoms with Gasteiger partial charge in [0.15, 0.2) is 6.10 Å². The molecule has 10 heteroatoms. The summed E-state index contributed by atoms with van der Waals surface area (Å²) in [5.41, 5.74) is 0. The molecule has 0 aliphatic rings. The Hall–Kier alpha value is -1.75. The summed E-state index contributed by atoms with van der Waals surface area (Å²) >= 11 is 0. The Balaban J connectivity index is -0.000000127. The predicted octanol–water partition coefficient (Wildman–Crippen LogP) is -1.48. The van der Waals surface area contributed by atoms with Gasteiger partial charge in [0.2, 0.25) is 0 Å². The SMILES string of the molecule is CC(=O)O.CCC(O)C(=O)O.CCCC(O)C(=O)[O-].C[N+](C)(C)CCO. The third-order valence-corrected chi connectivity index (χ3v) is 2.28. The molecule has 0 aliphatic carbocycles. The molecule has 0 aromatic carbocycles. The lowest BCUT2D eigenvalue weighted by Crippen LogP contribution is -2.36. The van der Waals surface area contributed by atoms with Crippen molar-refractivity contribution in [3.8, 4) is 0 Å². The number of carboxylic acid groups (broad SMARTS) is 3. The highest BCUT2D eigenvalue weighted by Gasteiger charge is 2.07. The van der Waals surface area contributed by atoms with E-state index in [0.717, 1.165) is 18.0 Å². The second kappa shape index (κ2) is 19.6. The molecule has 0 aliphatic heterocycles. The highest BCUT2D eigenvalue weighted by Crippen LogP contribution is 1.92. The number of likely N-dealkylation sites (N-methyl/N-ethyl adjacent to an activating group) is 1. The van der Waals surface area contributed by atoms with Crippen molar-refractivity contribution in [1.29, 1.82) is 0 Å². The second-order valence-corrected chi connectivity index (χ2v) is 6.14. The zero-order valence-electron chi connectivity index (χ0n) is 16.5. The number of carbonyl (C=O) groups is 3. The van der Waals surface area contributed by atoms with Crippen molar-refractivity contribution in [3.05, 3.63) is 0 Å². The summed E-state index contributed by atoms with van der Waals surface area (Å²) in [7, 11) is 6.16. The molecule has 0 spiro atoms. The molecule has 0 saturated carbocycles. The number of aliphatic hydroxyl groups is 3. The largest absolute Gasteiger partial charge is 0.547 e. The van der Waals surface area contributed by atoms with Gasteiger partial charge in [-0.2, -0.15) is 0 Å². The maximum absolute atomic E-state index is 9.73. The first-order valence-electron chi connectivity index (χ1n) is 8.06. The molecule has 2 unspecified atom stereocenters. The zero-order chi connectivity index (χ0) is 21.9. The fourth-order valence-corrected chi connectivity index (χ4v) is 0.866. The average molecular weight is 385 g/mol. The number of aliphatic hydroxyl groups excluding tert-OH is 3. The van der Waals surface area contributed by atoms with Crippen LogP contribution in [0.1, 0.15) is 40.0 Å². The summed E-state index contributed by atoms with van der Waals surface area (Å²) in [6, 6.07) is 0. The molecule has 0 heterocycles. The van der Waals surface area contributed by atoms with Gasteiger partial charge in [-0.15, -0.1) is 0 Å². The first kappa shape index (κ1) is 32.0. The van der Waals surface area contributed by atoms with Gasteiger partial charge in [-0.1, -0.05) is 20.3 Å². The number of rotatable bonds is 7. The maximum atomic E-state index is 9.73. The summed E-state index contributed by atoms with van der Waals surface area (Å²) in [6.07, 6.45) is -1.24. The van der Waals surface area contributed by atoms with Crippen LogP contribution < -0.4 is 5.11 Å². The van der Waals surface area contributed by atoms with Gasteiger partial charge in [0.25, 0.3) is 5.97 Å². The second-order valence-electron chi connectivity index (χ2n) is 6.14. The summed E-state index contributed by atoms with van der Waals surface area (Å²) in [5, 5.41) is 50.3. The summed E-state index contributed by atoms with van der Waals surface area (Å²) < 4.78 is 0.844. The van der Waals surface area contributed by atoms with Crippen molar-refractivity contribution in [2.45, 2.75) is 52.2 Å². The number of hydrogen-bond donors (Lipinski definition) is 5. The van der Waals surface area contributed by atoms with E-state index < -0.39 is 30.1 Å². The van der Waals surface area contributed by atoms with Crippen LogP contribution in [0, 0.1) is 0 Å². The smallest absolute Gasteiger partial charge is 0.332 e. The average Bonchev–Trinajstić information content (AvgIpc) is 2.45. The van der Waals surface area contributed by atoms with Crippen molar-refractivity contribution in [2.75, 3.05) is 34.3 Å². The van der Waals surface area contributed by atoms with Gasteiger partial charge in [-0.05, 0) is 12.8 Å². The highest BCUT2D eigenvalue weighted by atomic mass is 16.4. The van der Waals surface area contributed by atoms with Crippen LogP contribution in [0.3, 0.4) is 0 Å². The summed E-state index contributed by atoms with van der Waals surface area (Å²) in [6.45, 7) is 5.61. The Morgan fingerprint density at radius 2 is 1.38 bits per heavy atom. The van der Waals surface area contributed by atoms with Crippen molar-refractivity contribution in [3.63, 3.8) is 0 Å². The summed E-state index contributed by atoms with van der Waals surface area (Å²) in [4.78, 5) is 28.4. The van der Waals surface area contributed by atoms with E-state index in [2.05, 4.69) is 21.1 Å².